The highest BCUT2D eigenvalue weighted by atomic mass is 32.1. The van der Waals surface area contributed by atoms with Crippen molar-refractivity contribution in [1.82, 2.24) is 4.98 Å². The molecule has 0 saturated heterocycles. The van der Waals surface area contributed by atoms with E-state index in [2.05, 4.69) is 29.6 Å². The highest BCUT2D eigenvalue weighted by Crippen LogP contribution is 2.39. The summed E-state index contributed by atoms with van der Waals surface area (Å²) in [4.78, 5) is 17.2. The number of amides is 1. The molecule has 0 bridgehead atoms. The molecule has 1 aliphatic rings. The van der Waals surface area contributed by atoms with E-state index < -0.39 is 0 Å². The van der Waals surface area contributed by atoms with Gasteiger partial charge in [0, 0.05) is 10.9 Å². The lowest BCUT2D eigenvalue weighted by atomic mass is 10.0. The monoisotopic (exact) mass is 344 g/mol. The number of carbonyl (C=O) groups is 1. The first-order valence-electron chi connectivity index (χ1n) is 8.41. The number of rotatable bonds is 2. The van der Waals surface area contributed by atoms with Crippen LogP contribution in [0.2, 0.25) is 0 Å². The molecule has 3 aromatic carbocycles. The summed E-state index contributed by atoms with van der Waals surface area (Å²) >= 11 is 1.55. The number of nitrogens with zero attached hydrogens (tertiary/aromatic N) is 1. The minimum Gasteiger partial charge on any atom is -0.298 e. The Kier molecular flexibility index (Phi) is 3.15. The molecule has 1 heterocycles. The number of nitrogens with one attached hydrogen (secondary N) is 1. The van der Waals surface area contributed by atoms with Crippen LogP contribution < -0.4 is 5.32 Å². The molecular formula is C21H16N2OS. The van der Waals surface area contributed by atoms with Gasteiger partial charge in [-0.3, -0.25) is 10.1 Å². The first-order chi connectivity index (χ1) is 12.2. The summed E-state index contributed by atoms with van der Waals surface area (Å²) in [5, 5.41) is 6.18. The lowest BCUT2D eigenvalue weighted by molar-refractivity contribution is 0.102. The molecule has 0 fully saturated rings. The summed E-state index contributed by atoms with van der Waals surface area (Å²) in [7, 11) is 0. The Hall–Kier alpha value is -2.72. The minimum atomic E-state index is -0.111. The van der Waals surface area contributed by atoms with Crippen molar-refractivity contribution in [3.8, 4) is 0 Å². The number of carbonyl (C=O) groups excluding carboxylic acids is 1. The van der Waals surface area contributed by atoms with Crippen molar-refractivity contribution in [3.05, 3.63) is 70.8 Å². The Balaban J connectivity index is 1.58. The van der Waals surface area contributed by atoms with Crippen molar-refractivity contribution in [3.63, 3.8) is 0 Å². The van der Waals surface area contributed by atoms with Crippen LogP contribution in [0.3, 0.4) is 0 Å². The number of benzene rings is 3. The van der Waals surface area contributed by atoms with Crippen molar-refractivity contribution < 1.29 is 4.79 Å². The molecule has 1 N–H and O–H groups in total. The highest BCUT2D eigenvalue weighted by Gasteiger charge is 2.19. The summed E-state index contributed by atoms with van der Waals surface area (Å²) in [6.07, 6.45) is 2.20. The van der Waals surface area contributed by atoms with Crippen LogP contribution in [0.4, 0.5) is 5.13 Å². The molecular weight excluding hydrogens is 328 g/mol. The number of aryl methyl sites for hydroxylation is 3. The molecule has 0 spiro atoms. The first-order valence-corrected chi connectivity index (χ1v) is 9.23. The van der Waals surface area contributed by atoms with E-state index in [4.69, 9.17) is 4.98 Å². The van der Waals surface area contributed by atoms with E-state index in [1.54, 1.807) is 11.3 Å². The zero-order valence-corrected chi connectivity index (χ0v) is 14.6. The van der Waals surface area contributed by atoms with Crippen LogP contribution >= 0.6 is 11.3 Å². The Labute approximate surface area is 149 Å². The van der Waals surface area contributed by atoms with Crippen LogP contribution in [0.15, 0.2) is 48.5 Å². The van der Waals surface area contributed by atoms with Gasteiger partial charge in [-0.2, -0.15) is 0 Å². The number of thiazole rings is 1. The molecule has 1 amide bonds. The third-order valence-corrected chi connectivity index (χ3v) is 5.77. The molecule has 122 valence electrons. The van der Waals surface area contributed by atoms with E-state index in [1.807, 2.05) is 31.2 Å². The summed E-state index contributed by atoms with van der Waals surface area (Å²) < 4.78 is 1.14. The van der Waals surface area contributed by atoms with Crippen molar-refractivity contribution in [1.29, 1.82) is 0 Å². The van der Waals surface area contributed by atoms with E-state index in [0.29, 0.717) is 10.7 Å². The maximum atomic E-state index is 12.5. The van der Waals surface area contributed by atoms with E-state index >= 15 is 0 Å². The number of fused-ring (bicyclic) bond motifs is 2. The molecule has 3 nitrogen and oxygen atoms in total. The number of anilines is 1. The van der Waals surface area contributed by atoms with Gasteiger partial charge < -0.3 is 0 Å². The fourth-order valence-corrected chi connectivity index (χ4v) is 4.66. The average molecular weight is 344 g/mol. The van der Waals surface area contributed by atoms with Gasteiger partial charge in [0.2, 0.25) is 0 Å². The van der Waals surface area contributed by atoms with Gasteiger partial charge in [0.05, 0.1) is 10.2 Å². The normalized spacial score (nSPS) is 12.8. The summed E-state index contributed by atoms with van der Waals surface area (Å²) in [5.74, 6) is -0.111. The van der Waals surface area contributed by atoms with Gasteiger partial charge in [-0.25, -0.2) is 4.98 Å². The van der Waals surface area contributed by atoms with Crippen LogP contribution in [-0.4, -0.2) is 10.9 Å². The van der Waals surface area contributed by atoms with E-state index in [1.165, 1.54) is 21.9 Å². The SMILES string of the molecule is Cc1cccc(C(=O)Nc2nc3c(cc4c5c(cccc53)CC4)s2)c1. The van der Waals surface area contributed by atoms with E-state index in [9.17, 15) is 4.79 Å². The maximum absolute atomic E-state index is 12.5. The average Bonchev–Trinajstić information content (AvgIpc) is 3.20. The molecule has 0 saturated carbocycles. The summed E-state index contributed by atoms with van der Waals surface area (Å²) in [5.41, 5.74) is 5.54. The van der Waals surface area contributed by atoms with E-state index in [-0.39, 0.29) is 5.91 Å². The van der Waals surface area contributed by atoms with Gasteiger partial charge in [0.15, 0.2) is 5.13 Å². The molecule has 0 aliphatic heterocycles. The third kappa shape index (κ3) is 2.33. The minimum absolute atomic E-state index is 0.111. The largest absolute Gasteiger partial charge is 0.298 e. The molecule has 5 rings (SSSR count). The van der Waals surface area contributed by atoms with Gasteiger partial charge in [0.25, 0.3) is 5.91 Å². The van der Waals surface area contributed by atoms with Gasteiger partial charge in [-0.1, -0.05) is 47.2 Å². The molecule has 0 radical (unpaired) electrons. The third-order valence-electron chi connectivity index (χ3n) is 4.85. The van der Waals surface area contributed by atoms with Gasteiger partial charge in [-0.15, -0.1) is 0 Å². The fourth-order valence-electron chi connectivity index (χ4n) is 3.71. The van der Waals surface area contributed by atoms with Crippen molar-refractivity contribution in [2.45, 2.75) is 19.8 Å². The zero-order valence-electron chi connectivity index (χ0n) is 13.8. The second-order valence-corrected chi connectivity index (χ2v) is 7.60. The van der Waals surface area contributed by atoms with Crippen LogP contribution in [0.25, 0.3) is 21.0 Å². The van der Waals surface area contributed by atoms with Crippen LogP contribution in [0.5, 0.6) is 0 Å². The quantitative estimate of drug-likeness (QED) is 0.549. The van der Waals surface area contributed by atoms with Crippen LogP contribution in [-0.2, 0) is 12.8 Å². The zero-order chi connectivity index (χ0) is 17.0. The molecule has 4 aromatic rings. The van der Waals surface area contributed by atoms with Crippen molar-refractivity contribution in [2.24, 2.45) is 0 Å². The Morgan fingerprint density at radius 3 is 2.80 bits per heavy atom. The highest BCUT2D eigenvalue weighted by molar-refractivity contribution is 7.22. The van der Waals surface area contributed by atoms with Gasteiger partial charge >= 0.3 is 0 Å². The number of hydrogen-bond donors (Lipinski definition) is 1. The topological polar surface area (TPSA) is 42.0 Å². The fraction of sp³-hybridized carbons (Fsp3) is 0.143. The predicted molar refractivity (Wildman–Crippen MR) is 104 cm³/mol. The predicted octanol–water partition coefficient (Wildman–Crippen LogP) is 5.11. The number of aromatic nitrogens is 1. The Morgan fingerprint density at radius 2 is 1.92 bits per heavy atom. The Bertz CT molecular complexity index is 1160. The molecule has 0 atom stereocenters. The van der Waals surface area contributed by atoms with E-state index in [0.717, 1.165) is 28.6 Å². The summed E-state index contributed by atoms with van der Waals surface area (Å²) in [6, 6.07) is 16.3. The maximum Gasteiger partial charge on any atom is 0.257 e. The second kappa shape index (κ2) is 5.39. The van der Waals surface area contributed by atoms with Crippen LogP contribution in [0.1, 0.15) is 27.0 Å². The molecule has 1 aliphatic carbocycles. The Morgan fingerprint density at radius 1 is 1.08 bits per heavy atom. The van der Waals surface area contributed by atoms with Crippen molar-refractivity contribution in [2.75, 3.05) is 5.32 Å². The standard InChI is InChI=1S/C21H16N2OS/c1-12-4-2-6-15(10-12)20(24)23-21-22-19-16-7-3-5-13-8-9-14(18(13)16)11-17(19)25-21/h2-7,10-11H,8-9H2,1H3,(H,22,23,24). The molecule has 25 heavy (non-hydrogen) atoms. The number of hydrogen-bond acceptors (Lipinski definition) is 3. The van der Waals surface area contributed by atoms with Crippen molar-refractivity contribution >= 4 is 43.4 Å². The summed E-state index contributed by atoms with van der Waals surface area (Å²) in [6.45, 7) is 1.98. The molecule has 1 aromatic heterocycles. The second-order valence-electron chi connectivity index (χ2n) is 6.56. The smallest absolute Gasteiger partial charge is 0.257 e. The molecule has 0 unspecified atom stereocenters. The lowest BCUT2D eigenvalue weighted by Gasteiger charge is -2.02. The van der Waals surface area contributed by atoms with Gasteiger partial charge in [0.1, 0.15) is 0 Å². The van der Waals surface area contributed by atoms with Crippen LogP contribution in [0, 0.1) is 6.92 Å². The lowest BCUT2D eigenvalue weighted by Crippen LogP contribution is -2.11. The first kappa shape index (κ1) is 14.6. The molecule has 4 heteroatoms. The van der Waals surface area contributed by atoms with Gasteiger partial charge in [-0.05, 0) is 54.5 Å².